The molecule has 1 aromatic rings. The zero-order valence-electron chi connectivity index (χ0n) is 12.3. The quantitative estimate of drug-likeness (QED) is 0.563. The van der Waals surface area contributed by atoms with Crippen LogP contribution >= 0.6 is 11.9 Å². The Hall–Kier alpha value is -0.916. The highest BCUT2D eigenvalue weighted by molar-refractivity contribution is 8.01. The van der Waals surface area contributed by atoms with Crippen LogP contribution in [0, 0.1) is 0 Å². The number of hydrogen-bond acceptors (Lipinski definition) is 3. The van der Waals surface area contributed by atoms with E-state index in [1.165, 1.54) is 11.4 Å². The van der Waals surface area contributed by atoms with E-state index in [0.717, 1.165) is 0 Å². The molecule has 0 N–H and O–H groups in total. The minimum atomic E-state index is -1.11. The summed E-state index contributed by atoms with van der Waals surface area (Å²) in [7, 11) is -0.00454. The van der Waals surface area contributed by atoms with Crippen LogP contribution in [0.15, 0.2) is 48.8 Å². The van der Waals surface area contributed by atoms with Crippen LogP contribution < -0.4 is 8.54 Å². The fraction of sp³-hybridized carbons (Fsp3) is 0.286. The monoisotopic (exact) mass is 308 g/mol. The molecular formula is C14H24N2SSi2. The molecule has 0 heterocycles. The van der Waals surface area contributed by atoms with Gasteiger partial charge in [0.2, 0.25) is 0 Å². The zero-order chi connectivity index (χ0) is 14.4. The van der Waals surface area contributed by atoms with E-state index in [-0.39, 0.29) is 0 Å². The van der Waals surface area contributed by atoms with Crippen molar-refractivity contribution in [2.24, 2.45) is 0 Å². The molecule has 0 aliphatic carbocycles. The molecule has 1 rings (SSSR count). The first-order chi connectivity index (χ1) is 9.06. The summed E-state index contributed by atoms with van der Waals surface area (Å²) in [6, 6.07) is 8.63. The summed E-state index contributed by atoms with van der Waals surface area (Å²) < 4.78 is 4.83. The highest BCUT2D eigenvalue weighted by atomic mass is 32.2. The van der Waals surface area contributed by atoms with Gasteiger partial charge >= 0.3 is 0 Å². The minimum absolute atomic E-state index is 1.07. The van der Waals surface area contributed by atoms with Gasteiger partial charge in [0, 0.05) is 6.26 Å². The average molecular weight is 309 g/mol. The smallest absolute Gasteiger partial charge is 0.174 e. The maximum absolute atomic E-state index is 3.97. The highest BCUT2D eigenvalue weighted by Gasteiger charge is 2.19. The van der Waals surface area contributed by atoms with E-state index in [9.17, 15) is 0 Å². The van der Waals surface area contributed by atoms with Gasteiger partial charge in [-0.2, -0.15) is 0 Å². The molecule has 0 saturated carbocycles. The van der Waals surface area contributed by atoms with Crippen LogP contribution in [0.5, 0.6) is 0 Å². The lowest BCUT2D eigenvalue weighted by Gasteiger charge is -2.33. The van der Waals surface area contributed by atoms with Crippen LogP contribution in [0.1, 0.15) is 0 Å². The van der Waals surface area contributed by atoms with Crippen LogP contribution in [0.25, 0.3) is 0 Å². The van der Waals surface area contributed by atoms with Gasteiger partial charge in [-0.05, 0) is 25.7 Å². The van der Waals surface area contributed by atoms with Gasteiger partial charge in [-0.15, -0.1) is 13.2 Å². The zero-order valence-corrected chi connectivity index (χ0v) is 15.5. The van der Waals surface area contributed by atoms with Crippen molar-refractivity contribution in [3.63, 3.8) is 0 Å². The summed E-state index contributed by atoms with van der Waals surface area (Å²) in [5, 5.41) is 0. The number of rotatable bonds is 7. The number of hydrogen-bond donors (Lipinski definition) is 0. The second kappa shape index (κ2) is 7.62. The SMILES string of the molecule is C=C[SiH](C)N(C)c1ccccc1N(SC)[SiH](C)C=C. The molecule has 19 heavy (non-hydrogen) atoms. The Bertz CT molecular complexity index is 439. The van der Waals surface area contributed by atoms with Crippen LogP contribution in [0.2, 0.25) is 13.1 Å². The molecule has 104 valence electrons. The topological polar surface area (TPSA) is 6.48 Å². The fourth-order valence-electron chi connectivity index (χ4n) is 1.91. The van der Waals surface area contributed by atoms with Gasteiger partial charge in [0.05, 0.1) is 11.4 Å². The molecule has 0 saturated heterocycles. The van der Waals surface area contributed by atoms with Gasteiger partial charge in [-0.25, -0.2) is 0 Å². The molecule has 0 amide bonds. The predicted molar refractivity (Wildman–Crippen MR) is 97.3 cm³/mol. The van der Waals surface area contributed by atoms with Gasteiger partial charge in [-0.1, -0.05) is 42.0 Å². The average Bonchev–Trinajstić information content (AvgIpc) is 2.46. The van der Waals surface area contributed by atoms with Crippen LogP contribution in [0.4, 0.5) is 11.4 Å². The lowest BCUT2D eigenvalue weighted by molar-refractivity contribution is 1.29. The molecule has 2 atom stereocenters. The fourth-order valence-corrected chi connectivity index (χ4v) is 5.67. The predicted octanol–water partition coefficient (Wildman–Crippen LogP) is 3.36. The summed E-state index contributed by atoms with van der Waals surface area (Å²) in [6.45, 7) is 12.5. The van der Waals surface area contributed by atoms with Crippen molar-refractivity contribution in [3.8, 4) is 0 Å². The number of nitrogens with zero attached hydrogens (tertiary/aromatic N) is 2. The van der Waals surface area contributed by atoms with Gasteiger partial charge in [-0.3, -0.25) is 0 Å². The molecule has 0 spiro atoms. The normalized spacial score (nSPS) is 13.5. The van der Waals surface area contributed by atoms with E-state index in [2.05, 4.69) is 83.8 Å². The summed E-state index contributed by atoms with van der Waals surface area (Å²) in [5.74, 6) is 0. The molecule has 1 aromatic carbocycles. The van der Waals surface area contributed by atoms with Crippen LogP contribution in [-0.2, 0) is 0 Å². The van der Waals surface area contributed by atoms with E-state index >= 15 is 0 Å². The summed E-state index contributed by atoms with van der Waals surface area (Å²) >= 11 is 1.79. The summed E-state index contributed by atoms with van der Waals surface area (Å²) in [4.78, 5) is 0. The highest BCUT2D eigenvalue weighted by Crippen LogP contribution is 2.33. The Balaban J connectivity index is 3.20. The lowest BCUT2D eigenvalue weighted by atomic mass is 10.3. The molecule has 0 bridgehead atoms. The lowest BCUT2D eigenvalue weighted by Crippen LogP contribution is -2.35. The number of para-hydroxylation sites is 2. The molecular weight excluding hydrogens is 284 g/mol. The molecule has 0 fully saturated rings. The molecule has 5 heteroatoms. The Kier molecular flexibility index (Phi) is 6.47. The third-order valence-corrected chi connectivity index (χ3v) is 9.46. The first kappa shape index (κ1) is 16.1. The summed E-state index contributed by atoms with van der Waals surface area (Å²) in [5.41, 5.74) is 6.82. The molecule has 0 aliphatic heterocycles. The van der Waals surface area contributed by atoms with Gasteiger partial charge < -0.3 is 8.54 Å². The molecule has 2 nitrogen and oxygen atoms in total. The first-order valence-corrected chi connectivity index (χ1v) is 12.3. The van der Waals surface area contributed by atoms with Crippen LogP contribution in [0.3, 0.4) is 0 Å². The number of anilines is 2. The maximum Gasteiger partial charge on any atom is 0.174 e. The van der Waals surface area contributed by atoms with Crippen molar-refractivity contribution in [3.05, 3.63) is 48.8 Å². The third-order valence-electron chi connectivity index (χ3n) is 3.36. The second-order valence-electron chi connectivity index (χ2n) is 4.56. The Morgan fingerprint density at radius 1 is 1.05 bits per heavy atom. The van der Waals surface area contributed by atoms with Gasteiger partial charge in [0.15, 0.2) is 17.9 Å². The van der Waals surface area contributed by atoms with Crippen molar-refractivity contribution in [2.75, 3.05) is 21.8 Å². The van der Waals surface area contributed by atoms with Crippen molar-refractivity contribution in [2.45, 2.75) is 13.1 Å². The molecule has 0 radical (unpaired) electrons. The van der Waals surface area contributed by atoms with E-state index in [0.29, 0.717) is 0 Å². The van der Waals surface area contributed by atoms with Crippen molar-refractivity contribution < 1.29 is 0 Å². The largest absolute Gasteiger partial charge is 0.398 e. The minimum Gasteiger partial charge on any atom is -0.398 e. The van der Waals surface area contributed by atoms with Gasteiger partial charge in [0.1, 0.15) is 0 Å². The molecule has 2 unspecified atom stereocenters. The van der Waals surface area contributed by atoms with Crippen molar-refractivity contribution in [1.29, 1.82) is 0 Å². The van der Waals surface area contributed by atoms with E-state index in [4.69, 9.17) is 0 Å². The standard InChI is InChI=1S/C14H24N2SSi2/c1-7-18(5)15(3)13-11-9-10-12-14(13)16(17-4)19(6)8-2/h7-12,18-19H,1-2H2,3-6H3. The van der Waals surface area contributed by atoms with E-state index in [1.54, 1.807) is 11.9 Å². The van der Waals surface area contributed by atoms with Crippen molar-refractivity contribution >= 4 is 41.2 Å². The summed E-state index contributed by atoms with van der Waals surface area (Å²) in [6.07, 6.45) is 2.14. The second-order valence-corrected chi connectivity index (χ2v) is 10.9. The van der Waals surface area contributed by atoms with E-state index in [1.807, 2.05) is 0 Å². The Morgan fingerprint density at radius 2 is 1.58 bits per heavy atom. The van der Waals surface area contributed by atoms with Crippen molar-refractivity contribution in [1.82, 2.24) is 0 Å². The van der Waals surface area contributed by atoms with E-state index < -0.39 is 17.9 Å². The van der Waals surface area contributed by atoms with Gasteiger partial charge in [0.25, 0.3) is 0 Å². The first-order valence-electron chi connectivity index (χ1n) is 6.47. The third kappa shape index (κ3) is 3.78. The molecule has 0 aliphatic rings. The maximum atomic E-state index is 3.97. The Labute approximate surface area is 125 Å². The molecule has 0 aromatic heterocycles. The van der Waals surface area contributed by atoms with Crippen LogP contribution in [-0.4, -0.2) is 31.2 Å². The number of benzene rings is 1. The Morgan fingerprint density at radius 3 is 2.05 bits per heavy atom.